The van der Waals surface area contributed by atoms with Crippen LogP contribution >= 0.6 is 0 Å². The molecule has 0 amide bonds. The van der Waals surface area contributed by atoms with E-state index in [0.717, 1.165) is 11.3 Å². The first-order valence-corrected chi connectivity index (χ1v) is 3.01. The van der Waals surface area contributed by atoms with E-state index in [-0.39, 0.29) is 0 Å². The first-order chi connectivity index (χ1) is 4.74. The summed E-state index contributed by atoms with van der Waals surface area (Å²) in [6, 6.07) is 1.79. The van der Waals surface area contributed by atoms with Crippen molar-refractivity contribution in [2.45, 2.75) is 6.92 Å². The molecule has 0 bridgehead atoms. The molecular formula is C7H10N3+. The fourth-order valence-corrected chi connectivity index (χ4v) is 0.731. The number of pyridine rings is 1. The van der Waals surface area contributed by atoms with Crippen molar-refractivity contribution in [1.82, 2.24) is 4.98 Å². The maximum atomic E-state index is 5.58. The highest BCUT2D eigenvalue weighted by Gasteiger charge is 1.96. The molecule has 3 nitrogen and oxygen atoms in total. The number of aromatic nitrogens is 1. The van der Waals surface area contributed by atoms with Crippen molar-refractivity contribution in [3.63, 3.8) is 0 Å². The number of nitrogens with two attached hydrogens (primary N) is 2. The molecule has 0 atom stereocenters. The molecule has 0 fully saturated rings. The van der Waals surface area contributed by atoms with Crippen molar-refractivity contribution in [2.75, 3.05) is 5.73 Å². The first-order valence-electron chi connectivity index (χ1n) is 3.01. The second-order valence-corrected chi connectivity index (χ2v) is 2.12. The summed E-state index contributed by atoms with van der Waals surface area (Å²) in [6.45, 7) is 1.89. The zero-order valence-electron chi connectivity index (χ0n) is 5.83. The number of anilines is 1. The quantitative estimate of drug-likeness (QED) is 0.494. The van der Waals surface area contributed by atoms with E-state index < -0.39 is 0 Å². The van der Waals surface area contributed by atoms with E-state index in [1.165, 1.54) is 6.21 Å². The third kappa shape index (κ3) is 1.13. The summed E-state index contributed by atoms with van der Waals surface area (Å²) in [7, 11) is 0. The van der Waals surface area contributed by atoms with E-state index in [1.807, 2.05) is 6.92 Å². The lowest BCUT2D eigenvalue weighted by Crippen LogP contribution is -2.30. The van der Waals surface area contributed by atoms with Gasteiger partial charge >= 0.3 is 0 Å². The molecule has 1 heterocycles. The van der Waals surface area contributed by atoms with Gasteiger partial charge in [0, 0.05) is 17.6 Å². The molecule has 52 valence electrons. The van der Waals surface area contributed by atoms with Gasteiger partial charge < -0.3 is 5.73 Å². The van der Waals surface area contributed by atoms with Crippen LogP contribution in [0.1, 0.15) is 11.3 Å². The van der Waals surface area contributed by atoms with E-state index in [4.69, 9.17) is 11.1 Å². The van der Waals surface area contributed by atoms with Crippen LogP contribution in [0.15, 0.2) is 12.3 Å². The third-order valence-corrected chi connectivity index (χ3v) is 1.28. The Morgan fingerprint density at radius 1 is 1.70 bits per heavy atom. The summed E-state index contributed by atoms with van der Waals surface area (Å²) in [4.78, 5) is 4.02. The Kier molecular flexibility index (Phi) is 1.67. The minimum absolute atomic E-state index is 0.676. The minimum Gasteiger partial charge on any atom is -0.398 e. The topological polar surface area (TPSA) is 64.5 Å². The van der Waals surface area contributed by atoms with Gasteiger partial charge in [-0.05, 0) is 13.0 Å². The smallest absolute Gasteiger partial charge is 0.171 e. The Morgan fingerprint density at radius 2 is 2.40 bits per heavy atom. The highest BCUT2D eigenvalue weighted by atomic mass is 14.7. The summed E-state index contributed by atoms with van der Waals surface area (Å²) in [6.07, 6.45) is 3.10. The van der Waals surface area contributed by atoms with Gasteiger partial charge in [-0.25, -0.2) is 0 Å². The predicted octanol–water partition coefficient (Wildman–Crippen LogP) is -0.850. The molecule has 1 aromatic heterocycles. The highest BCUT2D eigenvalue weighted by molar-refractivity contribution is 5.82. The molecule has 10 heavy (non-hydrogen) atoms. The van der Waals surface area contributed by atoms with Crippen LogP contribution in [0.3, 0.4) is 0 Å². The van der Waals surface area contributed by atoms with Gasteiger partial charge in [0.05, 0.1) is 5.56 Å². The number of nitrogens with zero attached hydrogens (tertiary/aromatic N) is 1. The van der Waals surface area contributed by atoms with Gasteiger partial charge in [-0.2, -0.15) is 0 Å². The largest absolute Gasteiger partial charge is 0.398 e. The molecule has 0 saturated carbocycles. The zero-order valence-corrected chi connectivity index (χ0v) is 5.83. The molecule has 0 spiro atoms. The van der Waals surface area contributed by atoms with Gasteiger partial charge in [0.2, 0.25) is 0 Å². The number of hydrogen-bond acceptors (Lipinski definition) is 2. The minimum atomic E-state index is 0.676. The maximum absolute atomic E-state index is 5.58. The first kappa shape index (κ1) is 6.74. The summed E-state index contributed by atoms with van der Waals surface area (Å²) in [5.41, 5.74) is 7.95. The van der Waals surface area contributed by atoms with Crippen LogP contribution in [0.2, 0.25) is 0 Å². The molecule has 0 aliphatic carbocycles. The molecule has 0 aliphatic rings. The maximum Gasteiger partial charge on any atom is 0.171 e. The molecule has 1 rings (SSSR count). The number of rotatable bonds is 1. The fraction of sp³-hybridized carbons (Fsp3) is 0.143. The molecule has 0 aliphatic heterocycles. The number of nitrogen functional groups attached to an aromatic ring is 1. The Labute approximate surface area is 59.4 Å². The van der Waals surface area contributed by atoms with E-state index in [0.29, 0.717) is 5.69 Å². The lowest BCUT2D eigenvalue weighted by Gasteiger charge is -1.96. The Bertz CT molecular complexity index is 255. The molecular weight excluding hydrogens is 126 g/mol. The van der Waals surface area contributed by atoms with Crippen LogP contribution in [0, 0.1) is 6.92 Å². The summed E-state index contributed by atoms with van der Waals surface area (Å²) in [5.74, 6) is 0. The summed E-state index contributed by atoms with van der Waals surface area (Å²) in [5, 5.41) is 5.26. The molecule has 4 N–H and O–H groups in total. The summed E-state index contributed by atoms with van der Waals surface area (Å²) >= 11 is 0. The van der Waals surface area contributed by atoms with Crippen molar-refractivity contribution >= 4 is 11.9 Å². The lowest BCUT2D eigenvalue weighted by molar-refractivity contribution is -0.104. The standard InChI is InChI=1S/C7H9N3/c1-5-2-7(9)6(3-8)4-10-5/h2-4,8H,1H3,(H2,9,10)/p+1. The van der Waals surface area contributed by atoms with E-state index in [1.54, 1.807) is 12.3 Å². The highest BCUT2D eigenvalue weighted by Crippen LogP contribution is 2.06. The normalized spacial score (nSPS) is 9.30. The Balaban J connectivity index is 3.19. The van der Waals surface area contributed by atoms with Crippen LogP contribution in [-0.2, 0) is 0 Å². The van der Waals surface area contributed by atoms with Crippen LogP contribution in [0.4, 0.5) is 5.69 Å². The Hall–Kier alpha value is -1.38. The van der Waals surface area contributed by atoms with Crippen molar-refractivity contribution in [3.05, 3.63) is 23.5 Å². The van der Waals surface area contributed by atoms with Crippen molar-refractivity contribution in [3.8, 4) is 0 Å². The van der Waals surface area contributed by atoms with Crippen molar-refractivity contribution in [1.29, 1.82) is 0 Å². The number of aryl methyl sites for hydroxylation is 1. The molecule has 0 aromatic carbocycles. The van der Waals surface area contributed by atoms with E-state index in [9.17, 15) is 0 Å². The summed E-state index contributed by atoms with van der Waals surface area (Å²) < 4.78 is 0. The van der Waals surface area contributed by atoms with Crippen LogP contribution in [-0.4, -0.2) is 11.2 Å². The lowest BCUT2D eigenvalue weighted by atomic mass is 10.2. The second kappa shape index (κ2) is 2.47. The van der Waals surface area contributed by atoms with Crippen molar-refractivity contribution < 1.29 is 5.41 Å². The van der Waals surface area contributed by atoms with Crippen LogP contribution < -0.4 is 11.1 Å². The van der Waals surface area contributed by atoms with Gasteiger partial charge in [-0.15, -0.1) is 0 Å². The van der Waals surface area contributed by atoms with Gasteiger partial charge in [-0.1, -0.05) is 0 Å². The average Bonchev–Trinajstić information content (AvgIpc) is 1.88. The molecule has 0 unspecified atom stereocenters. The predicted molar refractivity (Wildman–Crippen MR) is 40.5 cm³/mol. The van der Waals surface area contributed by atoms with Crippen LogP contribution in [0.5, 0.6) is 0 Å². The van der Waals surface area contributed by atoms with Gasteiger partial charge in [0.15, 0.2) is 6.21 Å². The molecule has 0 radical (unpaired) electrons. The third-order valence-electron chi connectivity index (χ3n) is 1.28. The number of hydrogen-bond donors (Lipinski definition) is 2. The van der Waals surface area contributed by atoms with E-state index >= 15 is 0 Å². The second-order valence-electron chi connectivity index (χ2n) is 2.12. The molecule has 0 saturated heterocycles. The SMILES string of the molecule is Cc1cc(N)c(C=[NH2+])cn1. The molecule has 3 heteroatoms. The average molecular weight is 136 g/mol. The Morgan fingerprint density at radius 3 is 2.90 bits per heavy atom. The van der Waals surface area contributed by atoms with Gasteiger partial charge in [-0.3, -0.25) is 10.4 Å². The van der Waals surface area contributed by atoms with E-state index in [2.05, 4.69) is 4.98 Å². The van der Waals surface area contributed by atoms with Gasteiger partial charge in [0.25, 0.3) is 0 Å². The fourth-order valence-electron chi connectivity index (χ4n) is 0.731. The molecule has 1 aromatic rings. The van der Waals surface area contributed by atoms with Crippen molar-refractivity contribution in [2.24, 2.45) is 0 Å². The zero-order chi connectivity index (χ0) is 7.56. The van der Waals surface area contributed by atoms with Crippen LogP contribution in [0.25, 0.3) is 0 Å². The monoisotopic (exact) mass is 136 g/mol. The van der Waals surface area contributed by atoms with Gasteiger partial charge in [0.1, 0.15) is 0 Å².